The number of hydrogen-bond acceptors (Lipinski definition) is 6. The molecule has 0 aromatic carbocycles. The summed E-state index contributed by atoms with van der Waals surface area (Å²) in [5.41, 5.74) is 0.678. The molecule has 9 heteroatoms. The maximum atomic E-state index is 12.5. The van der Waals surface area contributed by atoms with Crippen molar-refractivity contribution < 1.29 is 13.2 Å². The van der Waals surface area contributed by atoms with E-state index in [0.717, 1.165) is 56.5 Å². The van der Waals surface area contributed by atoms with E-state index >= 15 is 0 Å². The van der Waals surface area contributed by atoms with Crippen LogP contribution in [0.25, 0.3) is 0 Å². The predicted molar refractivity (Wildman–Crippen MR) is 97.1 cm³/mol. The molecule has 1 amide bonds. The Hall–Kier alpha value is -1.06. The van der Waals surface area contributed by atoms with Gasteiger partial charge in [0.05, 0.1) is 10.9 Å². The van der Waals surface area contributed by atoms with Gasteiger partial charge in [-0.15, -0.1) is 5.10 Å². The van der Waals surface area contributed by atoms with Gasteiger partial charge in [0.25, 0.3) is 5.91 Å². The fraction of sp³-hybridized carbons (Fsp3) is 0.812. The van der Waals surface area contributed by atoms with E-state index < -0.39 is 10.0 Å². The van der Waals surface area contributed by atoms with Gasteiger partial charge < -0.3 is 4.90 Å². The van der Waals surface area contributed by atoms with Crippen LogP contribution in [0.2, 0.25) is 0 Å². The van der Waals surface area contributed by atoms with Gasteiger partial charge in [-0.3, -0.25) is 4.79 Å². The van der Waals surface area contributed by atoms with Crippen LogP contribution in [0.15, 0.2) is 0 Å². The quantitative estimate of drug-likeness (QED) is 0.835. The van der Waals surface area contributed by atoms with Crippen molar-refractivity contribution in [1.82, 2.24) is 19.2 Å². The van der Waals surface area contributed by atoms with Gasteiger partial charge in [0, 0.05) is 19.6 Å². The molecule has 0 atom stereocenters. The van der Waals surface area contributed by atoms with Crippen molar-refractivity contribution in [1.29, 1.82) is 0 Å². The van der Waals surface area contributed by atoms with Gasteiger partial charge in [-0.2, -0.15) is 0 Å². The number of rotatable bonds is 5. The molecule has 0 bridgehead atoms. The number of hydrogen-bond donors (Lipinski definition) is 1. The van der Waals surface area contributed by atoms with E-state index in [-0.39, 0.29) is 11.2 Å². The van der Waals surface area contributed by atoms with Crippen LogP contribution in [-0.4, -0.2) is 53.7 Å². The molecule has 7 nitrogen and oxygen atoms in total. The Labute approximate surface area is 153 Å². The summed E-state index contributed by atoms with van der Waals surface area (Å²) in [7, 11) is -3.20. The lowest BCUT2D eigenvalue weighted by Crippen LogP contribution is -2.43. The van der Waals surface area contributed by atoms with Crippen molar-refractivity contribution in [3.05, 3.63) is 10.6 Å². The number of sulfonamides is 1. The zero-order chi connectivity index (χ0) is 17.9. The second kappa shape index (κ2) is 8.09. The Morgan fingerprint density at radius 2 is 1.88 bits per heavy atom. The Bertz CT molecular complexity index is 690. The number of aryl methyl sites for hydroxylation is 1. The third-order valence-corrected chi connectivity index (χ3v) is 8.05. The second-order valence-corrected chi connectivity index (χ2v) is 9.88. The highest BCUT2D eigenvalue weighted by molar-refractivity contribution is 7.90. The summed E-state index contributed by atoms with van der Waals surface area (Å²) in [4.78, 5) is 14.9. The maximum absolute atomic E-state index is 12.5. The zero-order valence-corrected chi connectivity index (χ0v) is 16.2. The SMILES string of the molecule is Cc1nnsc1C(=O)N1CCC(CNS(=O)(=O)C2CCCCC2)CC1. The van der Waals surface area contributed by atoms with E-state index in [1.165, 1.54) is 0 Å². The summed E-state index contributed by atoms with van der Waals surface area (Å²) in [5.74, 6) is 0.289. The number of aromatic nitrogens is 2. The Kier molecular flexibility index (Phi) is 6.06. The molecule has 1 saturated heterocycles. The van der Waals surface area contributed by atoms with Crippen LogP contribution in [0.5, 0.6) is 0 Å². The third kappa shape index (κ3) is 4.57. The highest BCUT2D eigenvalue weighted by atomic mass is 32.2. The van der Waals surface area contributed by atoms with Gasteiger partial charge in [-0.1, -0.05) is 23.8 Å². The lowest BCUT2D eigenvalue weighted by molar-refractivity contribution is 0.0696. The average Bonchev–Trinajstić information content (AvgIpc) is 3.06. The molecule has 0 radical (unpaired) electrons. The summed E-state index contributed by atoms with van der Waals surface area (Å²) < 4.78 is 31.5. The first-order valence-corrected chi connectivity index (χ1v) is 11.4. The van der Waals surface area contributed by atoms with E-state index in [1.807, 2.05) is 4.90 Å². The molecule has 25 heavy (non-hydrogen) atoms. The summed E-state index contributed by atoms with van der Waals surface area (Å²) >= 11 is 1.14. The van der Waals surface area contributed by atoms with Gasteiger partial charge in [0.2, 0.25) is 10.0 Å². The van der Waals surface area contributed by atoms with E-state index in [4.69, 9.17) is 0 Å². The number of carbonyl (C=O) groups is 1. The molecule has 140 valence electrons. The summed E-state index contributed by atoms with van der Waals surface area (Å²) in [6.45, 7) is 3.60. The number of amides is 1. The predicted octanol–water partition coefficient (Wildman–Crippen LogP) is 1.95. The molecule has 0 spiro atoms. The van der Waals surface area contributed by atoms with Crippen molar-refractivity contribution in [3.8, 4) is 0 Å². The van der Waals surface area contributed by atoms with Crippen LogP contribution >= 0.6 is 11.5 Å². The van der Waals surface area contributed by atoms with E-state index in [2.05, 4.69) is 14.3 Å². The largest absolute Gasteiger partial charge is 0.338 e. The lowest BCUT2D eigenvalue weighted by Gasteiger charge is -2.32. The van der Waals surface area contributed by atoms with Crippen LogP contribution in [-0.2, 0) is 10.0 Å². The molecule has 1 saturated carbocycles. The van der Waals surface area contributed by atoms with Gasteiger partial charge in [-0.25, -0.2) is 13.1 Å². The zero-order valence-electron chi connectivity index (χ0n) is 14.6. The minimum atomic E-state index is -3.20. The average molecular weight is 387 g/mol. The molecule has 3 rings (SSSR count). The van der Waals surface area contributed by atoms with Crippen LogP contribution in [0, 0.1) is 12.8 Å². The normalized spacial score (nSPS) is 20.8. The van der Waals surface area contributed by atoms with Gasteiger partial charge in [0.15, 0.2) is 0 Å². The number of likely N-dealkylation sites (tertiary alicyclic amines) is 1. The van der Waals surface area contributed by atoms with Crippen molar-refractivity contribution >= 4 is 27.5 Å². The monoisotopic (exact) mass is 386 g/mol. The Morgan fingerprint density at radius 3 is 2.48 bits per heavy atom. The minimum absolute atomic E-state index is 0.00580. The van der Waals surface area contributed by atoms with Crippen LogP contribution in [0.3, 0.4) is 0 Å². The molecular weight excluding hydrogens is 360 g/mol. The maximum Gasteiger partial charge on any atom is 0.267 e. The molecule has 1 N–H and O–H groups in total. The standard InChI is InChI=1S/C16H26N4O3S2/c1-12-15(24-19-18-12)16(21)20-9-7-13(8-10-20)11-17-25(22,23)14-5-3-2-4-6-14/h13-14,17H,2-11H2,1H3. The Balaban J connectivity index is 1.46. The summed E-state index contributed by atoms with van der Waals surface area (Å²) in [6, 6.07) is 0. The minimum Gasteiger partial charge on any atom is -0.338 e. The molecule has 2 heterocycles. The smallest absolute Gasteiger partial charge is 0.267 e. The number of nitrogens with one attached hydrogen (secondary N) is 1. The van der Waals surface area contributed by atoms with E-state index in [0.29, 0.717) is 36.1 Å². The fourth-order valence-electron chi connectivity index (χ4n) is 3.64. The molecule has 0 unspecified atom stereocenters. The van der Waals surface area contributed by atoms with Crippen molar-refractivity contribution in [2.75, 3.05) is 19.6 Å². The van der Waals surface area contributed by atoms with Gasteiger partial charge >= 0.3 is 0 Å². The lowest BCUT2D eigenvalue weighted by atomic mass is 9.97. The van der Waals surface area contributed by atoms with E-state index in [9.17, 15) is 13.2 Å². The summed E-state index contributed by atoms with van der Waals surface area (Å²) in [6.07, 6.45) is 6.38. The molecular formula is C16H26N4O3S2. The Morgan fingerprint density at radius 1 is 1.20 bits per heavy atom. The first kappa shape index (κ1) is 18.7. The van der Waals surface area contributed by atoms with E-state index in [1.54, 1.807) is 6.92 Å². The van der Waals surface area contributed by atoms with Gasteiger partial charge in [0.1, 0.15) is 4.88 Å². The first-order chi connectivity index (χ1) is 12.0. The molecule has 2 aliphatic rings. The number of piperidine rings is 1. The van der Waals surface area contributed by atoms with Crippen LogP contribution in [0.1, 0.15) is 60.3 Å². The van der Waals surface area contributed by atoms with Crippen molar-refractivity contribution in [3.63, 3.8) is 0 Å². The highest BCUT2D eigenvalue weighted by Crippen LogP contribution is 2.24. The molecule has 2 fully saturated rings. The number of nitrogens with zero attached hydrogens (tertiary/aromatic N) is 3. The van der Waals surface area contributed by atoms with Crippen LogP contribution in [0.4, 0.5) is 0 Å². The van der Waals surface area contributed by atoms with Crippen molar-refractivity contribution in [2.45, 2.75) is 57.1 Å². The fourth-order valence-corrected chi connectivity index (χ4v) is 5.92. The third-order valence-electron chi connectivity index (χ3n) is 5.31. The van der Waals surface area contributed by atoms with Crippen LogP contribution < -0.4 is 4.72 Å². The molecule has 1 aromatic rings. The number of carbonyl (C=O) groups excluding carboxylic acids is 1. The highest BCUT2D eigenvalue weighted by Gasteiger charge is 2.30. The molecule has 1 aromatic heterocycles. The second-order valence-electron chi connectivity index (χ2n) is 7.08. The summed E-state index contributed by atoms with van der Waals surface area (Å²) in [5, 5.41) is 3.67. The molecule has 1 aliphatic heterocycles. The topological polar surface area (TPSA) is 92.3 Å². The molecule has 1 aliphatic carbocycles. The van der Waals surface area contributed by atoms with Crippen molar-refractivity contribution in [2.24, 2.45) is 5.92 Å². The van der Waals surface area contributed by atoms with Gasteiger partial charge in [-0.05, 0) is 50.1 Å². The first-order valence-electron chi connectivity index (χ1n) is 9.04.